The molecule has 23 heavy (non-hydrogen) atoms. The highest BCUT2D eigenvalue weighted by Crippen LogP contribution is 2.32. The molecule has 0 aliphatic rings. The van der Waals surface area contributed by atoms with Crippen molar-refractivity contribution < 1.29 is 13.9 Å². The van der Waals surface area contributed by atoms with Crippen molar-refractivity contribution in [1.82, 2.24) is 10.2 Å². The summed E-state index contributed by atoms with van der Waals surface area (Å²) in [6, 6.07) is 12.5. The summed E-state index contributed by atoms with van der Waals surface area (Å²) in [5.74, 6) is 1.89. The van der Waals surface area contributed by atoms with Crippen LogP contribution >= 0.6 is 23.2 Å². The maximum absolute atomic E-state index is 6.06. The second kappa shape index (κ2) is 6.89. The van der Waals surface area contributed by atoms with Gasteiger partial charge >= 0.3 is 0 Å². The first-order chi connectivity index (χ1) is 11.2. The average molecular weight is 351 g/mol. The number of ether oxygens (including phenoxy) is 2. The summed E-state index contributed by atoms with van der Waals surface area (Å²) < 4.78 is 16.3. The molecule has 0 fully saturated rings. The maximum Gasteiger partial charge on any atom is 0.254 e. The molecule has 5 nitrogen and oxygen atoms in total. The molecule has 118 valence electrons. The van der Waals surface area contributed by atoms with Gasteiger partial charge in [-0.25, -0.2) is 0 Å². The minimum atomic E-state index is 0.0943. The first kappa shape index (κ1) is 15.6. The molecule has 3 rings (SSSR count). The van der Waals surface area contributed by atoms with Crippen LogP contribution in [0, 0.1) is 0 Å². The Balaban J connectivity index is 1.73. The summed E-state index contributed by atoms with van der Waals surface area (Å²) >= 11 is 12.0. The second-order valence-corrected chi connectivity index (χ2v) is 5.36. The van der Waals surface area contributed by atoms with Gasteiger partial charge in [-0.1, -0.05) is 35.3 Å². The van der Waals surface area contributed by atoms with Crippen LogP contribution in [0.2, 0.25) is 10.0 Å². The fraction of sp³-hybridized carbons (Fsp3) is 0.125. The summed E-state index contributed by atoms with van der Waals surface area (Å²) in [6.45, 7) is 0.0943. The molecule has 1 heterocycles. The summed E-state index contributed by atoms with van der Waals surface area (Å²) in [4.78, 5) is 0. The molecule has 7 heteroatoms. The van der Waals surface area contributed by atoms with Gasteiger partial charge in [-0.2, -0.15) is 0 Å². The number of nitrogens with zero attached hydrogens (tertiary/aromatic N) is 2. The highest BCUT2D eigenvalue weighted by molar-refractivity contribution is 6.42. The highest BCUT2D eigenvalue weighted by atomic mass is 35.5. The van der Waals surface area contributed by atoms with Gasteiger partial charge in [0.25, 0.3) is 5.89 Å². The van der Waals surface area contributed by atoms with Gasteiger partial charge in [0.2, 0.25) is 5.89 Å². The van der Waals surface area contributed by atoms with E-state index in [1.54, 1.807) is 25.3 Å². The Morgan fingerprint density at radius 1 is 1.09 bits per heavy atom. The maximum atomic E-state index is 6.06. The number of aromatic nitrogens is 2. The van der Waals surface area contributed by atoms with E-state index in [-0.39, 0.29) is 6.61 Å². The van der Waals surface area contributed by atoms with E-state index in [4.69, 9.17) is 37.1 Å². The molecule has 0 aliphatic carbocycles. The molecule has 0 bridgehead atoms. The van der Waals surface area contributed by atoms with E-state index in [1.165, 1.54) is 0 Å². The van der Waals surface area contributed by atoms with Gasteiger partial charge in [0.15, 0.2) is 6.61 Å². The second-order valence-electron chi connectivity index (χ2n) is 4.57. The zero-order valence-electron chi connectivity index (χ0n) is 12.1. The van der Waals surface area contributed by atoms with Gasteiger partial charge in [-0.3, -0.25) is 0 Å². The number of benzene rings is 2. The molecule has 0 saturated heterocycles. The normalized spacial score (nSPS) is 10.6. The summed E-state index contributed by atoms with van der Waals surface area (Å²) in [7, 11) is 1.60. The van der Waals surface area contributed by atoms with Crippen LogP contribution in [0.15, 0.2) is 46.9 Å². The van der Waals surface area contributed by atoms with Gasteiger partial charge in [0.1, 0.15) is 16.5 Å². The minimum absolute atomic E-state index is 0.0943. The number of rotatable bonds is 5. The minimum Gasteiger partial charge on any atom is -0.497 e. The van der Waals surface area contributed by atoms with E-state index >= 15 is 0 Å². The molecule has 2 aromatic carbocycles. The standard InChI is InChI=1S/C16H12Cl2N2O3/c1-21-11-5-2-4-10(8-11)16-20-19-14(23-16)9-22-13-7-3-6-12(17)15(13)18/h2-8H,9H2,1H3. The van der Waals surface area contributed by atoms with Crippen molar-refractivity contribution in [1.29, 1.82) is 0 Å². The Bertz CT molecular complexity index is 821. The predicted molar refractivity (Wildman–Crippen MR) is 87.1 cm³/mol. The van der Waals surface area contributed by atoms with Crippen molar-refractivity contribution in [2.24, 2.45) is 0 Å². The van der Waals surface area contributed by atoms with Gasteiger partial charge in [-0.05, 0) is 30.3 Å². The zero-order chi connectivity index (χ0) is 16.2. The largest absolute Gasteiger partial charge is 0.497 e. The Morgan fingerprint density at radius 3 is 2.74 bits per heavy atom. The summed E-state index contributed by atoms with van der Waals surface area (Å²) in [5, 5.41) is 8.73. The van der Waals surface area contributed by atoms with E-state index in [1.807, 2.05) is 24.3 Å². The van der Waals surface area contributed by atoms with E-state index in [0.29, 0.717) is 33.3 Å². The molecule has 0 N–H and O–H groups in total. The monoisotopic (exact) mass is 350 g/mol. The highest BCUT2D eigenvalue weighted by Gasteiger charge is 2.11. The molecule has 0 spiro atoms. The Hall–Kier alpha value is -2.24. The lowest BCUT2D eigenvalue weighted by Crippen LogP contribution is -1.96. The fourth-order valence-corrected chi connectivity index (χ4v) is 2.27. The van der Waals surface area contributed by atoms with Crippen molar-refractivity contribution in [3.63, 3.8) is 0 Å². The van der Waals surface area contributed by atoms with Gasteiger partial charge in [0, 0.05) is 5.56 Å². The number of hydrogen-bond donors (Lipinski definition) is 0. The van der Waals surface area contributed by atoms with Gasteiger partial charge in [0.05, 0.1) is 12.1 Å². The van der Waals surface area contributed by atoms with Crippen LogP contribution in [0.4, 0.5) is 0 Å². The predicted octanol–water partition coefficient (Wildman–Crippen LogP) is 4.63. The van der Waals surface area contributed by atoms with Crippen LogP contribution in [-0.4, -0.2) is 17.3 Å². The van der Waals surface area contributed by atoms with Crippen molar-refractivity contribution in [2.45, 2.75) is 6.61 Å². The Morgan fingerprint density at radius 2 is 1.91 bits per heavy atom. The van der Waals surface area contributed by atoms with E-state index in [2.05, 4.69) is 10.2 Å². The molecule has 1 aromatic heterocycles. The van der Waals surface area contributed by atoms with Crippen LogP contribution in [0.5, 0.6) is 11.5 Å². The number of methoxy groups -OCH3 is 1. The molecule has 0 saturated carbocycles. The lowest BCUT2D eigenvalue weighted by Gasteiger charge is -2.06. The first-order valence-electron chi connectivity index (χ1n) is 6.71. The molecule has 0 atom stereocenters. The van der Waals surface area contributed by atoms with E-state index in [0.717, 1.165) is 5.56 Å². The van der Waals surface area contributed by atoms with Crippen LogP contribution in [-0.2, 0) is 6.61 Å². The van der Waals surface area contributed by atoms with Gasteiger partial charge in [-0.15, -0.1) is 10.2 Å². The van der Waals surface area contributed by atoms with Crippen LogP contribution < -0.4 is 9.47 Å². The topological polar surface area (TPSA) is 57.4 Å². The third-order valence-electron chi connectivity index (χ3n) is 3.05. The molecule has 0 unspecified atom stereocenters. The van der Waals surface area contributed by atoms with E-state index in [9.17, 15) is 0 Å². The molecular formula is C16H12Cl2N2O3. The smallest absolute Gasteiger partial charge is 0.254 e. The lowest BCUT2D eigenvalue weighted by molar-refractivity contribution is 0.264. The average Bonchev–Trinajstić information content (AvgIpc) is 3.05. The third kappa shape index (κ3) is 3.57. The van der Waals surface area contributed by atoms with Crippen molar-refractivity contribution in [3.8, 4) is 23.0 Å². The Labute approximate surface area is 142 Å². The van der Waals surface area contributed by atoms with Crippen LogP contribution in [0.3, 0.4) is 0 Å². The zero-order valence-corrected chi connectivity index (χ0v) is 13.6. The summed E-state index contributed by atoms with van der Waals surface area (Å²) in [5.41, 5.74) is 0.767. The number of hydrogen-bond acceptors (Lipinski definition) is 5. The van der Waals surface area contributed by atoms with E-state index < -0.39 is 0 Å². The Kier molecular flexibility index (Phi) is 4.69. The summed E-state index contributed by atoms with van der Waals surface area (Å²) in [6.07, 6.45) is 0. The first-order valence-corrected chi connectivity index (χ1v) is 7.46. The molecule has 3 aromatic rings. The molecule has 0 aliphatic heterocycles. The molecule has 0 amide bonds. The van der Waals surface area contributed by atoms with Crippen molar-refractivity contribution >= 4 is 23.2 Å². The van der Waals surface area contributed by atoms with Crippen LogP contribution in [0.25, 0.3) is 11.5 Å². The molecule has 0 radical (unpaired) electrons. The van der Waals surface area contributed by atoms with Crippen LogP contribution in [0.1, 0.15) is 5.89 Å². The lowest BCUT2D eigenvalue weighted by atomic mass is 10.2. The fourth-order valence-electron chi connectivity index (χ4n) is 1.92. The van der Waals surface area contributed by atoms with Crippen molar-refractivity contribution in [2.75, 3.05) is 7.11 Å². The quantitative estimate of drug-likeness (QED) is 0.671. The van der Waals surface area contributed by atoms with Crippen molar-refractivity contribution in [3.05, 3.63) is 58.4 Å². The van der Waals surface area contributed by atoms with Gasteiger partial charge < -0.3 is 13.9 Å². The third-order valence-corrected chi connectivity index (χ3v) is 3.85. The number of halogens is 2. The SMILES string of the molecule is COc1cccc(-c2nnc(COc3cccc(Cl)c3Cl)o2)c1. The molecular weight excluding hydrogens is 339 g/mol.